The fourth-order valence-corrected chi connectivity index (χ4v) is 3.44. The van der Waals surface area contributed by atoms with E-state index >= 15 is 0 Å². The number of thioether (sulfide) groups is 1. The van der Waals surface area contributed by atoms with Gasteiger partial charge in [-0.1, -0.05) is 47.4 Å². The van der Waals surface area contributed by atoms with Crippen LogP contribution in [0.15, 0.2) is 52.9 Å². The zero-order chi connectivity index (χ0) is 17.6. The van der Waals surface area contributed by atoms with Crippen molar-refractivity contribution >= 4 is 45.5 Å². The number of carbonyl (C=O) groups excluding carboxylic acids is 1. The van der Waals surface area contributed by atoms with Crippen molar-refractivity contribution in [3.63, 3.8) is 0 Å². The van der Waals surface area contributed by atoms with Crippen LogP contribution in [0.3, 0.4) is 0 Å². The Labute approximate surface area is 150 Å². The van der Waals surface area contributed by atoms with Crippen LogP contribution in [0.2, 0.25) is 0 Å². The molecule has 0 saturated carbocycles. The number of nitrogens with one attached hydrogen (secondary N) is 2. The zero-order valence-electron chi connectivity index (χ0n) is 12.7. The molecule has 0 aliphatic heterocycles. The Morgan fingerprint density at radius 3 is 2.32 bits per heavy atom. The lowest BCUT2D eigenvalue weighted by molar-refractivity contribution is -0.113. The summed E-state index contributed by atoms with van der Waals surface area (Å²) in [5.74, 6) is -1.18. The van der Waals surface area contributed by atoms with E-state index in [-0.39, 0.29) is 17.3 Å². The third-order valence-corrected chi connectivity index (χ3v) is 4.97. The van der Waals surface area contributed by atoms with Crippen LogP contribution in [0.1, 0.15) is 0 Å². The smallest absolute Gasteiger partial charge is 0.234 e. The van der Waals surface area contributed by atoms with E-state index in [0.717, 1.165) is 0 Å². The van der Waals surface area contributed by atoms with Crippen molar-refractivity contribution in [1.29, 1.82) is 0 Å². The van der Waals surface area contributed by atoms with Gasteiger partial charge in [0, 0.05) is 0 Å². The number of nitrogens with zero attached hydrogens (tertiary/aromatic N) is 2. The van der Waals surface area contributed by atoms with E-state index in [4.69, 9.17) is 0 Å². The van der Waals surface area contributed by atoms with Gasteiger partial charge in [-0.05, 0) is 24.3 Å². The van der Waals surface area contributed by atoms with Crippen molar-refractivity contribution in [3.8, 4) is 0 Å². The molecule has 0 bridgehead atoms. The Hall–Kier alpha value is -2.52. The maximum Gasteiger partial charge on any atom is 0.234 e. The molecule has 1 aromatic heterocycles. The molecule has 128 valence electrons. The maximum atomic E-state index is 13.6. The molecule has 0 saturated heterocycles. The topological polar surface area (TPSA) is 66.9 Å². The lowest BCUT2D eigenvalue weighted by Crippen LogP contribution is -2.14. The number of anilines is 3. The largest absolute Gasteiger partial charge is 0.328 e. The number of hydrogen-bond acceptors (Lipinski definition) is 6. The number of halogens is 2. The molecule has 3 rings (SSSR count). The highest BCUT2D eigenvalue weighted by Gasteiger charge is 2.11. The molecule has 0 spiro atoms. The highest BCUT2D eigenvalue weighted by atomic mass is 32.2. The fourth-order valence-electron chi connectivity index (χ4n) is 1.87. The number of amides is 1. The SMILES string of the molecule is O=C(CSc1nnc(Nc2ccccc2F)s1)Nc1ccccc1F. The van der Waals surface area contributed by atoms with Gasteiger partial charge in [0.15, 0.2) is 4.34 Å². The van der Waals surface area contributed by atoms with E-state index in [2.05, 4.69) is 20.8 Å². The molecular weight excluding hydrogens is 366 g/mol. The van der Waals surface area contributed by atoms with Gasteiger partial charge in [-0.25, -0.2) is 8.78 Å². The van der Waals surface area contributed by atoms with Crippen molar-refractivity contribution in [2.45, 2.75) is 4.34 Å². The number of hydrogen-bond donors (Lipinski definition) is 2. The first kappa shape index (κ1) is 17.3. The summed E-state index contributed by atoms with van der Waals surface area (Å²) in [5.41, 5.74) is 0.430. The molecule has 3 aromatic rings. The molecule has 5 nitrogen and oxygen atoms in total. The van der Waals surface area contributed by atoms with Gasteiger partial charge in [0.1, 0.15) is 11.6 Å². The van der Waals surface area contributed by atoms with E-state index in [1.54, 1.807) is 30.3 Å². The number of benzene rings is 2. The highest BCUT2D eigenvalue weighted by Crippen LogP contribution is 2.28. The first-order chi connectivity index (χ1) is 12.1. The number of para-hydroxylation sites is 2. The Morgan fingerprint density at radius 2 is 1.64 bits per heavy atom. The van der Waals surface area contributed by atoms with Crippen molar-refractivity contribution < 1.29 is 13.6 Å². The summed E-state index contributed by atoms with van der Waals surface area (Å²) in [4.78, 5) is 11.9. The summed E-state index contributed by atoms with van der Waals surface area (Å²) in [5, 5.41) is 13.6. The van der Waals surface area contributed by atoms with E-state index < -0.39 is 11.6 Å². The number of aromatic nitrogens is 2. The van der Waals surface area contributed by atoms with Crippen LogP contribution >= 0.6 is 23.1 Å². The lowest BCUT2D eigenvalue weighted by Gasteiger charge is -2.04. The van der Waals surface area contributed by atoms with E-state index in [1.807, 2.05) is 0 Å². The third kappa shape index (κ3) is 4.74. The Morgan fingerprint density at radius 1 is 1.00 bits per heavy atom. The predicted molar refractivity (Wildman–Crippen MR) is 95.3 cm³/mol. The second-order valence-corrected chi connectivity index (χ2v) is 6.99. The maximum absolute atomic E-state index is 13.6. The van der Waals surface area contributed by atoms with Crippen LogP contribution in [0.5, 0.6) is 0 Å². The third-order valence-electron chi connectivity index (χ3n) is 3.00. The van der Waals surface area contributed by atoms with Crippen LogP contribution in [0.4, 0.5) is 25.3 Å². The van der Waals surface area contributed by atoms with Crippen molar-refractivity contribution in [1.82, 2.24) is 10.2 Å². The Kier molecular flexibility index (Phi) is 5.56. The molecule has 0 fully saturated rings. The molecule has 1 amide bonds. The summed E-state index contributed by atoms with van der Waals surface area (Å²) in [7, 11) is 0. The minimum absolute atomic E-state index is 0.0582. The van der Waals surface area contributed by atoms with Crippen LogP contribution in [0.25, 0.3) is 0 Å². The number of carbonyl (C=O) groups is 1. The lowest BCUT2D eigenvalue weighted by atomic mass is 10.3. The molecule has 2 aromatic carbocycles. The fraction of sp³-hybridized carbons (Fsp3) is 0.0625. The standard InChI is InChI=1S/C16H12F2N4OS2/c17-10-5-1-3-7-12(10)19-14(23)9-24-16-22-21-15(25-16)20-13-8-4-2-6-11(13)18/h1-8H,9H2,(H,19,23)(H,20,21). The van der Waals surface area contributed by atoms with Crippen molar-refractivity contribution in [2.75, 3.05) is 16.4 Å². The van der Waals surface area contributed by atoms with Crippen LogP contribution < -0.4 is 10.6 Å². The predicted octanol–water partition coefficient (Wildman–Crippen LogP) is 4.29. The first-order valence-corrected chi connectivity index (χ1v) is 8.94. The van der Waals surface area contributed by atoms with E-state index in [1.165, 1.54) is 41.3 Å². The molecule has 25 heavy (non-hydrogen) atoms. The normalized spacial score (nSPS) is 10.5. The molecule has 0 aliphatic carbocycles. The molecule has 1 heterocycles. The number of rotatable bonds is 6. The molecular formula is C16H12F2N4OS2. The molecule has 0 aliphatic rings. The van der Waals surface area contributed by atoms with Gasteiger partial charge in [0.05, 0.1) is 17.1 Å². The van der Waals surface area contributed by atoms with Crippen molar-refractivity contribution in [3.05, 3.63) is 60.2 Å². The van der Waals surface area contributed by atoms with Gasteiger partial charge in [-0.3, -0.25) is 4.79 Å². The van der Waals surface area contributed by atoms with Gasteiger partial charge >= 0.3 is 0 Å². The van der Waals surface area contributed by atoms with Gasteiger partial charge in [0.2, 0.25) is 11.0 Å². The highest BCUT2D eigenvalue weighted by molar-refractivity contribution is 8.01. The second kappa shape index (κ2) is 8.04. The van der Waals surface area contributed by atoms with Gasteiger partial charge in [0.25, 0.3) is 0 Å². The molecule has 2 N–H and O–H groups in total. The molecule has 9 heteroatoms. The average Bonchev–Trinajstić information content (AvgIpc) is 3.05. The quantitative estimate of drug-likeness (QED) is 0.627. The minimum atomic E-state index is -0.492. The van der Waals surface area contributed by atoms with E-state index in [9.17, 15) is 13.6 Å². The molecule has 0 atom stereocenters. The zero-order valence-corrected chi connectivity index (χ0v) is 14.3. The van der Waals surface area contributed by atoms with Gasteiger partial charge in [-0.2, -0.15) is 0 Å². The molecule has 0 radical (unpaired) electrons. The summed E-state index contributed by atoms with van der Waals surface area (Å²) in [6.45, 7) is 0. The monoisotopic (exact) mass is 378 g/mol. The van der Waals surface area contributed by atoms with Crippen molar-refractivity contribution in [2.24, 2.45) is 0 Å². The second-order valence-electron chi connectivity index (χ2n) is 4.79. The Bertz CT molecular complexity index is 888. The minimum Gasteiger partial charge on any atom is -0.328 e. The van der Waals surface area contributed by atoms with Crippen LogP contribution in [0, 0.1) is 11.6 Å². The Balaban J connectivity index is 1.54. The summed E-state index contributed by atoms with van der Waals surface area (Å²) in [6, 6.07) is 12.2. The van der Waals surface area contributed by atoms with E-state index in [0.29, 0.717) is 15.2 Å². The summed E-state index contributed by atoms with van der Waals surface area (Å²) >= 11 is 2.36. The summed E-state index contributed by atoms with van der Waals surface area (Å²) < 4.78 is 27.6. The van der Waals surface area contributed by atoms with Crippen LogP contribution in [-0.4, -0.2) is 21.9 Å². The van der Waals surface area contributed by atoms with Crippen LogP contribution in [-0.2, 0) is 4.79 Å². The molecule has 0 unspecified atom stereocenters. The van der Waals surface area contributed by atoms with Gasteiger partial charge < -0.3 is 10.6 Å². The average molecular weight is 378 g/mol. The summed E-state index contributed by atoms with van der Waals surface area (Å²) in [6.07, 6.45) is 0. The first-order valence-electron chi connectivity index (χ1n) is 7.14. The van der Waals surface area contributed by atoms with Gasteiger partial charge in [-0.15, -0.1) is 10.2 Å².